The predicted octanol–water partition coefficient (Wildman–Crippen LogP) is 2.64. The molecule has 5 nitrogen and oxygen atoms in total. The topological polar surface area (TPSA) is 101 Å². The first-order valence-electron chi connectivity index (χ1n) is 8.44. The van der Waals surface area contributed by atoms with Crippen molar-refractivity contribution in [1.82, 2.24) is 0 Å². The summed E-state index contributed by atoms with van der Waals surface area (Å²) in [7, 11) is 0. The largest absolute Gasteiger partial charge is 0.412 e. The minimum atomic E-state index is -0.272. The lowest BCUT2D eigenvalue weighted by Crippen LogP contribution is -2.25. The van der Waals surface area contributed by atoms with E-state index in [0.29, 0.717) is 30.8 Å². The average molecular weight is 317 g/mol. The van der Waals surface area contributed by atoms with Crippen LogP contribution in [0.3, 0.4) is 0 Å². The number of nitrogens with two attached hydrogens (primary N) is 1. The quantitative estimate of drug-likeness (QED) is 0.814. The Kier molecular flexibility index (Phi) is 11.1. The first-order chi connectivity index (χ1) is 10.0. The monoisotopic (exact) mass is 317 g/mol. The van der Waals surface area contributed by atoms with E-state index in [0.717, 1.165) is 25.7 Å². The Hall–Kier alpha value is -0.940. The van der Waals surface area contributed by atoms with Crippen LogP contribution in [0.1, 0.15) is 73.1 Å². The van der Waals surface area contributed by atoms with Crippen molar-refractivity contribution in [1.29, 1.82) is 0 Å². The molecule has 2 saturated carbocycles. The molecule has 2 aliphatic carbocycles. The smallest absolute Gasteiger partial charge is 0.219 e. The summed E-state index contributed by atoms with van der Waals surface area (Å²) in [6.45, 7) is 4.47. The molecule has 0 unspecified atom stereocenters. The Morgan fingerprint density at radius 3 is 2.05 bits per heavy atom. The van der Waals surface area contributed by atoms with Crippen molar-refractivity contribution < 1.29 is 21.2 Å². The second-order valence-electron chi connectivity index (χ2n) is 6.53. The highest BCUT2D eigenvalue weighted by molar-refractivity contribution is 5.83. The van der Waals surface area contributed by atoms with Crippen LogP contribution in [-0.2, 0) is 14.3 Å². The van der Waals surface area contributed by atoms with Crippen LogP contribution in [0.15, 0.2) is 0 Å². The zero-order valence-corrected chi connectivity index (χ0v) is 14.1. The molecular weight excluding hydrogens is 282 g/mol. The van der Waals surface area contributed by atoms with Crippen LogP contribution >= 0.6 is 0 Å². The van der Waals surface area contributed by atoms with Crippen molar-refractivity contribution in [3.05, 3.63) is 0 Å². The van der Waals surface area contributed by atoms with Crippen molar-refractivity contribution in [2.24, 2.45) is 17.6 Å². The molecule has 0 bridgehead atoms. The van der Waals surface area contributed by atoms with Crippen LogP contribution < -0.4 is 5.73 Å². The molecule has 0 spiro atoms. The lowest BCUT2D eigenvalue weighted by molar-refractivity contribution is -0.128. The molecule has 0 aliphatic heterocycles. The number of carbonyl (C=O) groups excluding carboxylic acids is 2. The number of ketones is 1. The minimum absolute atomic E-state index is 0. The van der Waals surface area contributed by atoms with Gasteiger partial charge in [0.2, 0.25) is 5.91 Å². The van der Waals surface area contributed by atoms with Gasteiger partial charge in [0.15, 0.2) is 0 Å². The second-order valence-corrected chi connectivity index (χ2v) is 6.53. The Labute approximate surface area is 135 Å². The number of primary amides is 1. The van der Waals surface area contributed by atoms with Crippen molar-refractivity contribution in [2.75, 3.05) is 6.61 Å². The third kappa shape index (κ3) is 8.49. The Morgan fingerprint density at radius 1 is 1.09 bits per heavy atom. The molecule has 0 radical (unpaired) electrons. The van der Waals surface area contributed by atoms with Crippen molar-refractivity contribution in [3.63, 3.8) is 0 Å². The lowest BCUT2D eigenvalue weighted by atomic mass is 9.79. The van der Waals surface area contributed by atoms with Crippen molar-refractivity contribution >= 4 is 11.7 Å². The van der Waals surface area contributed by atoms with Gasteiger partial charge in [0.1, 0.15) is 5.78 Å². The van der Waals surface area contributed by atoms with E-state index in [2.05, 4.69) is 0 Å². The molecule has 22 heavy (non-hydrogen) atoms. The fourth-order valence-electron chi connectivity index (χ4n) is 2.72. The second kappa shape index (κ2) is 11.6. The molecule has 2 fully saturated rings. The van der Waals surface area contributed by atoms with Gasteiger partial charge in [-0.1, -0.05) is 39.5 Å². The van der Waals surface area contributed by atoms with E-state index in [1.807, 2.05) is 13.8 Å². The standard InChI is InChI=1S/C9H17NO2.C8H14O.H2O.H2/c10-9(11)6-7-12-8-4-2-1-3-5-8;1-6(2)8(9)7-4-3-5-7;;/h8H,1-7H2,(H2,10,11);6-7H,3-5H2,1-2H3;1H2;1H. The third-order valence-electron chi connectivity index (χ3n) is 4.33. The SMILES string of the molecule is CC(C)C(=O)C1CCC1.NC(=O)CCOC1CCCCC1.O.[HH]. The van der Waals surface area contributed by atoms with Crippen LogP contribution in [0.5, 0.6) is 0 Å². The highest BCUT2D eigenvalue weighted by atomic mass is 16.5. The number of ether oxygens (including phenoxy) is 1. The van der Waals surface area contributed by atoms with E-state index in [9.17, 15) is 9.59 Å². The van der Waals surface area contributed by atoms with E-state index < -0.39 is 0 Å². The fraction of sp³-hybridized carbons (Fsp3) is 0.882. The number of carbonyl (C=O) groups is 2. The summed E-state index contributed by atoms with van der Waals surface area (Å²) in [5, 5.41) is 0. The maximum Gasteiger partial charge on any atom is 0.219 e. The Bertz CT molecular complexity index is 327. The zero-order chi connectivity index (χ0) is 15.7. The van der Waals surface area contributed by atoms with Crippen molar-refractivity contribution in [3.8, 4) is 0 Å². The average Bonchev–Trinajstić information content (AvgIpc) is 2.38. The van der Waals surface area contributed by atoms with Gasteiger partial charge in [-0.2, -0.15) is 0 Å². The third-order valence-corrected chi connectivity index (χ3v) is 4.33. The molecule has 0 aromatic carbocycles. The summed E-state index contributed by atoms with van der Waals surface area (Å²) in [4.78, 5) is 21.5. The molecule has 0 saturated heterocycles. The Morgan fingerprint density at radius 2 is 1.68 bits per heavy atom. The highest BCUT2D eigenvalue weighted by Gasteiger charge is 2.26. The number of amides is 1. The van der Waals surface area contributed by atoms with Crippen LogP contribution in [0, 0.1) is 11.8 Å². The fourth-order valence-corrected chi connectivity index (χ4v) is 2.72. The maximum absolute atomic E-state index is 11.1. The highest BCUT2D eigenvalue weighted by Crippen LogP contribution is 2.29. The molecule has 0 heterocycles. The molecule has 5 heteroatoms. The molecular formula is C17H35NO4. The normalized spacial score (nSPS) is 18.7. The number of hydrogen-bond acceptors (Lipinski definition) is 3. The first kappa shape index (κ1) is 21.1. The molecule has 2 aliphatic rings. The van der Waals surface area contributed by atoms with Gasteiger partial charge in [0.25, 0.3) is 0 Å². The van der Waals surface area contributed by atoms with E-state index in [-0.39, 0.29) is 18.7 Å². The van der Waals surface area contributed by atoms with E-state index in [1.54, 1.807) is 0 Å². The molecule has 4 N–H and O–H groups in total. The molecule has 0 aromatic heterocycles. The predicted molar refractivity (Wildman–Crippen MR) is 89.6 cm³/mol. The molecule has 2 rings (SSSR count). The van der Waals surface area contributed by atoms with E-state index in [4.69, 9.17) is 10.5 Å². The number of hydrogen-bond donors (Lipinski definition) is 1. The Balaban J connectivity index is 0. The van der Waals surface area contributed by atoms with Crippen LogP contribution in [0.4, 0.5) is 0 Å². The summed E-state index contributed by atoms with van der Waals surface area (Å²) in [5.74, 6) is 0.896. The van der Waals surface area contributed by atoms with Gasteiger partial charge in [-0.25, -0.2) is 0 Å². The van der Waals surface area contributed by atoms with Crippen LogP contribution in [0.25, 0.3) is 0 Å². The van der Waals surface area contributed by atoms with Crippen LogP contribution in [-0.4, -0.2) is 29.9 Å². The summed E-state index contributed by atoms with van der Waals surface area (Å²) in [6.07, 6.45) is 10.5. The van der Waals surface area contributed by atoms with E-state index >= 15 is 0 Å². The summed E-state index contributed by atoms with van der Waals surface area (Å²) in [5.41, 5.74) is 4.99. The van der Waals surface area contributed by atoms with Gasteiger partial charge in [0.05, 0.1) is 12.7 Å². The minimum Gasteiger partial charge on any atom is -0.412 e. The van der Waals surface area contributed by atoms with Gasteiger partial charge in [-0.15, -0.1) is 0 Å². The molecule has 0 atom stereocenters. The maximum atomic E-state index is 11.1. The summed E-state index contributed by atoms with van der Waals surface area (Å²) < 4.78 is 5.49. The molecule has 132 valence electrons. The molecule has 1 amide bonds. The van der Waals surface area contributed by atoms with Gasteiger partial charge in [0, 0.05) is 19.7 Å². The lowest BCUT2D eigenvalue weighted by Gasteiger charge is -2.25. The van der Waals surface area contributed by atoms with E-state index in [1.165, 1.54) is 25.7 Å². The van der Waals surface area contributed by atoms with Crippen molar-refractivity contribution in [2.45, 2.75) is 77.7 Å². The summed E-state index contributed by atoms with van der Waals surface area (Å²) >= 11 is 0. The first-order valence-corrected chi connectivity index (χ1v) is 8.44. The summed E-state index contributed by atoms with van der Waals surface area (Å²) in [6, 6.07) is 0. The van der Waals surface area contributed by atoms with Gasteiger partial charge in [-0.3, -0.25) is 9.59 Å². The van der Waals surface area contributed by atoms with Gasteiger partial charge < -0.3 is 15.9 Å². The van der Waals surface area contributed by atoms with Crippen LogP contribution in [0.2, 0.25) is 0 Å². The number of rotatable bonds is 6. The zero-order valence-electron chi connectivity index (χ0n) is 14.1. The van der Waals surface area contributed by atoms with Gasteiger partial charge >= 0.3 is 0 Å². The van der Waals surface area contributed by atoms with Gasteiger partial charge in [-0.05, 0) is 25.7 Å². The molecule has 0 aromatic rings. The number of Topliss-reactive ketones (excluding diaryl/α,β-unsaturated/α-hetero) is 1.